The van der Waals surface area contributed by atoms with Gasteiger partial charge in [0.1, 0.15) is 11.9 Å². The maximum atomic E-state index is 12.8. The summed E-state index contributed by atoms with van der Waals surface area (Å²) in [5, 5.41) is 2.85. The fourth-order valence-electron chi connectivity index (χ4n) is 3.20. The molecule has 9 heteroatoms. The Labute approximate surface area is 182 Å². The summed E-state index contributed by atoms with van der Waals surface area (Å²) in [6.07, 6.45) is 0. The van der Waals surface area contributed by atoms with Crippen LogP contribution in [0.1, 0.15) is 35.3 Å². The maximum absolute atomic E-state index is 12.8. The van der Waals surface area contributed by atoms with Crippen molar-refractivity contribution in [2.75, 3.05) is 14.1 Å². The summed E-state index contributed by atoms with van der Waals surface area (Å²) in [4.78, 5) is 30.9. The number of nitrogens with one attached hydrogen (secondary N) is 2. The van der Waals surface area contributed by atoms with Crippen molar-refractivity contribution in [3.8, 4) is 0 Å². The van der Waals surface area contributed by atoms with E-state index < -0.39 is 16.1 Å². The molecule has 2 amide bonds. The van der Waals surface area contributed by atoms with Crippen LogP contribution in [0.2, 0.25) is 0 Å². The Kier molecular flexibility index (Phi) is 6.45. The van der Waals surface area contributed by atoms with E-state index in [1.807, 2.05) is 13.8 Å². The number of carbonyl (C=O) groups excluding carboxylic acids is 2. The van der Waals surface area contributed by atoms with E-state index in [2.05, 4.69) is 15.0 Å². The third kappa shape index (κ3) is 4.93. The van der Waals surface area contributed by atoms with E-state index in [4.69, 9.17) is 0 Å². The Morgan fingerprint density at radius 1 is 1.06 bits per heavy atom. The molecule has 1 aliphatic heterocycles. The fraction of sp³-hybridized carbons (Fsp3) is 0.318. The van der Waals surface area contributed by atoms with Gasteiger partial charge in [-0.25, -0.2) is 8.42 Å². The van der Waals surface area contributed by atoms with Crippen LogP contribution < -0.4 is 10.0 Å². The van der Waals surface area contributed by atoms with Crippen molar-refractivity contribution < 1.29 is 18.0 Å². The molecule has 8 nitrogen and oxygen atoms in total. The number of hydrogen-bond acceptors (Lipinski definition) is 5. The average molecular weight is 443 g/mol. The lowest BCUT2D eigenvalue weighted by atomic mass is 10.0. The largest absolute Gasteiger partial charge is 0.350 e. The van der Waals surface area contributed by atoms with Crippen LogP contribution in [0, 0.1) is 5.92 Å². The highest BCUT2D eigenvalue weighted by Gasteiger charge is 2.32. The predicted molar refractivity (Wildman–Crippen MR) is 118 cm³/mol. The Bertz CT molecular complexity index is 1120. The zero-order valence-electron chi connectivity index (χ0n) is 17.9. The fourth-order valence-corrected chi connectivity index (χ4v) is 4.44. The summed E-state index contributed by atoms with van der Waals surface area (Å²) in [6, 6.07) is 12.8. The molecule has 0 saturated heterocycles. The van der Waals surface area contributed by atoms with Crippen molar-refractivity contribution in [3.63, 3.8) is 0 Å². The first-order chi connectivity index (χ1) is 14.6. The highest BCUT2D eigenvalue weighted by atomic mass is 32.2. The van der Waals surface area contributed by atoms with Gasteiger partial charge in [0, 0.05) is 31.8 Å². The smallest absolute Gasteiger partial charge is 0.263 e. The molecule has 0 fully saturated rings. The van der Waals surface area contributed by atoms with E-state index in [1.165, 1.54) is 11.0 Å². The molecule has 2 aromatic carbocycles. The molecule has 1 aliphatic rings. The lowest BCUT2D eigenvalue weighted by molar-refractivity contribution is -0.123. The van der Waals surface area contributed by atoms with Crippen LogP contribution in [0.4, 0.5) is 0 Å². The number of aliphatic imine (C=N–C) groups is 1. The zero-order valence-corrected chi connectivity index (χ0v) is 18.7. The minimum atomic E-state index is -3.67. The van der Waals surface area contributed by atoms with Crippen molar-refractivity contribution >= 4 is 27.7 Å². The Morgan fingerprint density at radius 2 is 1.71 bits per heavy atom. The summed E-state index contributed by atoms with van der Waals surface area (Å²) >= 11 is 0. The van der Waals surface area contributed by atoms with Crippen molar-refractivity contribution in [1.29, 1.82) is 0 Å². The van der Waals surface area contributed by atoms with E-state index in [9.17, 15) is 18.0 Å². The average Bonchev–Trinajstić information content (AvgIpc) is 3.00. The highest BCUT2D eigenvalue weighted by molar-refractivity contribution is 7.90. The van der Waals surface area contributed by atoms with E-state index in [-0.39, 0.29) is 35.0 Å². The molecule has 164 valence electrons. The number of nitrogens with zero attached hydrogens (tertiary/aromatic N) is 2. The van der Waals surface area contributed by atoms with Crippen LogP contribution in [0.5, 0.6) is 0 Å². The van der Waals surface area contributed by atoms with Crippen LogP contribution >= 0.6 is 0 Å². The van der Waals surface area contributed by atoms with Crippen LogP contribution in [0.25, 0.3) is 0 Å². The van der Waals surface area contributed by atoms with Crippen molar-refractivity contribution in [2.24, 2.45) is 10.9 Å². The van der Waals surface area contributed by atoms with Crippen LogP contribution in [0.3, 0.4) is 0 Å². The molecule has 2 aromatic rings. The molecule has 2 N–H and O–H groups in total. The van der Waals surface area contributed by atoms with Crippen molar-refractivity contribution in [2.45, 2.75) is 31.3 Å². The monoisotopic (exact) mass is 442 g/mol. The standard InChI is InChI=1S/C22H26N4O4S/c1-14(2)19(24-20-17-7-5-6-8-18(17)31(29,30)25-20)21(27)23-13-15-9-11-16(12-10-15)22(28)26(3)4/h5-12,14,19H,13H2,1-4H3,(H,23,27)(H,24,25)/t19-/m0/s1. The lowest BCUT2D eigenvalue weighted by Crippen LogP contribution is -2.38. The second-order valence-corrected chi connectivity index (χ2v) is 9.53. The topological polar surface area (TPSA) is 108 Å². The second-order valence-electron chi connectivity index (χ2n) is 7.88. The minimum Gasteiger partial charge on any atom is -0.350 e. The molecule has 0 bridgehead atoms. The SMILES string of the molecule is CC(C)[C@H](N=C1NS(=O)(=O)c2ccccc21)C(=O)NCc1ccc(C(=O)N(C)C)cc1. The molecular formula is C22H26N4O4S. The molecule has 0 unspecified atom stereocenters. The summed E-state index contributed by atoms with van der Waals surface area (Å²) in [7, 11) is -0.293. The Hall–Kier alpha value is -3.20. The van der Waals surface area contributed by atoms with Gasteiger partial charge in [-0.1, -0.05) is 38.1 Å². The molecule has 0 spiro atoms. The minimum absolute atomic E-state index is 0.0921. The number of rotatable bonds is 6. The molecule has 1 atom stereocenters. The number of amidine groups is 1. The number of sulfonamides is 1. The highest BCUT2D eigenvalue weighted by Crippen LogP contribution is 2.23. The number of benzene rings is 2. The van der Waals surface area contributed by atoms with Crippen LogP contribution in [-0.2, 0) is 21.4 Å². The zero-order chi connectivity index (χ0) is 22.8. The second kappa shape index (κ2) is 8.89. The summed E-state index contributed by atoms with van der Waals surface area (Å²) < 4.78 is 27.0. The van der Waals surface area contributed by atoms with E-state index in [0.29, 0.717) is 11.1 Å². The summed E-state index contributed by atoms with van der Waals surface area (Å²) in [5.41, 5.74) is 1.87. The molecule has 0 saturated carbocycles. The first kappa shape index (κ1) is 22.5. The molecule has 0 radical (unpaired) electrons. The van der Waals surface area contributed by atoms with Crippen LogP contribution in [-0.4, -0.2) is 51.1 Å². The van der Waals surface area contributed by atoms with E-state index >= 15 is 0 Å². The lowest BCUT2D eigenvalue weighted by Gasteiger charge is -2.17. The predicted octanol–water partition coefficient (Wildman–Crippen LogP) is 1.77. The van der Waals surface area contributed by atoms with Gasteiger partial charge in [0.2, 0.25) is 5.91 Å². The molecule has 3 rings (SSSR count). The quantitative estimate of drug-likeness (QED) is 0.711. The van der Waals surface area contributed by atoms with E-state index in [1.54, 1.807) is 56.6 Å². The van der Waals surface area contributed by atoms with Gasteiger partial charge in [-0.3, -0.25) is 19.3 Å². The van der Waals surface area contributed by atoms with Gasteiger partial charge in [0.05, 0.1) is 4.90 Å². The first-order valence-electron chi connectivity index (χ1n) is 9.88. The van der Waals surface area contributed by atoms with Gasteiger partial charge < -0.3 is 10.2 Å². The third-order valence-corrected chi connectivity index (χ3v) is 6.30. The Balaban J connectivity index is 1.74. The molecule has 1 heterocycles. The van der Waals surface area contributed by atoms with E-state index in [0.717, 1.165) is 5.56 Å². The number of hydrogen-bond donors (Lipinski definition) is 2. The van der Waals surface area contributed by atoms with Gasteiger partial charge in [-0.2, -0.15) is 0 Å². The van der Waals surface area contributed by atoms with Crippen molar-refractivity contribution in [1.82, 2.24) is 14.9 Å². The number of fused-ring (bicyclic) bond motifs is 1. The van der Waals surface area contributed by atoms with Crippen molar-refractivity contribution in [3.05, 3.63) is 65.2 Å². The Morgan fingerprint density at radius 3 is 2.32 bits per heavy atom. The number of carbonyl (C=O) groups is 2. The summed E-state index contributed by atoms with van der Waals surface area (Å²) in [6.45, 7) is 3.97. The first-order valence-corrected chi connectivity index (χ1v) is 11.4. The van der Waals surface area contributed by atoms with Crippen LogP contribution in [0.15, 0.2) is 58.4 Å². The summed E-state index contributed by atoms with van der Waals surface area (Å²) in [5.74, 6) is -0.369. The molecular weight excluding hydrogens is 416 g/mol. The third-order valence-electron chi connectivity index (χ3n) is 4.90. The van der Waals surface area contributed by atoms with Gasteiger partial charge in [-0.05, 0) is 35.7 Å². The molecule has 31 heavy (non-hydrogen) atoms. The normalized spacial score (nSPS) is 16.5. The van der Waals surface area contributed by atoms with Gasteiger partial charge in [0.15, 0.2) is 0 Å². The maximum Gasteiger partial charge on any atom is 0.263 e. The van der Waals surface area contributed by atoms with Gasteiger partial charge >= 0.3 is 0 Å². The molecule has 0 aliphatic carbocycles. The number of amides is 2. The van der Waals surface area contributed by atoms with Gasteiger partial charge in [-0.15, -0.1) is 0 Å². The molecule has 0 aromatic heterocycles. The van der Waals surface area contributed by atoms with Gasteiger partial charge in [0.25, 0.3) is 15.9 Å².